The first-order valence-electron chi connectivity index (χ1n) is 6.67. The second kappa shape index (κ2) is 5.69. The van der Waals surface area contributed by atoms with Gasteiger partial charge in [-0.3, -0.25) is 4.79 Å². The Morgan fingerprint density at radius 1 is 1.47 bits per heavy atom. The Balaban J connectivity index is 2.02. The lowest BCUT2D eigenvalue weighted by Crippen LogP contribution is -2.40. The van der Waals surface area contributed by atoms with Crippen LogP contribution in [-0.4, -0.2) is 17.1 Å². The summed E-state index contributed by atoms with van der Waals surface area (Å²) in [6.07, 6.45) is 4.46. The van der Waals surface area contributed by atoms with Gasteiger partial charge in [0, 0.05) is 11.6 Å². The van der Waals surface area contributed by atoms with E-state index in [2.05, 4.69) is 19.2 Å². The molecule has 1 unspecified atom stereocenters. The molecule has 1 aliphatic carbocycles. The van der Waals surface area contributed by atoms with E-state index in [-0.39, 0.29) is 17.7 Å². The highest BCUT2D eigenvalue weighted by molar-refractivity contribution is 14.1. The molecule has 3 nitrogen and oxygen atoms in total. The third-order valence-corrected chi connectivity index (χ3v) is 4.66. The number of phenolic OH excluding ortho intramolecular Hbond substituents is 1. The number of hydrogen-bond acceptors (Lipinski definition) is 2. The van der Waals surface area contributed by atoms with E-state index in [9.17, 15) is 9.90 Å². The molecular formula is C15H20INO2. The van der Waals surface area contributed by atoms with Crippen molar-refractivity contribution in [2.24, 2.45) is 5.41 Å². The zero-order valence-electron chi connectivity index (χ0n) is 11.4. The Morgan fingerprint density at radius 2 is 2.21 bits per heavy atom. The first kappa shape index (κ1) is 14.6. The monoisotopic (exact) mass is 373 g/mol. The highest BCUT2D eigenvalue weighted by atomic mass is 127. The molecule has 0 aliphatic heterocycles. The van der Waals surface area contributed by atoms with Crippen molar-refractivity contribution >= 4 is 28.5 Å². The van der Waals surface area contributed by atoms with Gasteiger partial charge in [0.15, 0.2) is 0 Å². The first-order valence-corrected chi connectivity index (χ1v) is 7.75. The van der Waals surface area contributed by atoms with E-state index < -0.39 is 0 Å². The second-order valence-corrected chi connectivity index (χ2v) is 7.26. The van der Waals surface area contributed by atoms with Gasteiger partial charge in [-0.25, -0.2) is 0 Å². The summed E-state index contributed by atoms with van der Waals surface area (Å²) in [5.74, 6) is 0.0756. The molecule has 1 amide bonds. The molecule has 1 aliphatic rings. The van der Waals surface area contributed by atoms with Crippen LogP contribution in [0.5, 0.6) is 5.75 Å². The van der Waals surface area contributed by atoms with Gasteiger partial charge < -0.3 is 10.4 Å². The average Bonchev–Trinajstić information content (AvgIpc) is 2.31. The van der Waals surface area contributed by atoms with Gasteiger partial charge in [-0.1, -0.05) is 20.3 Å². The van der Waals surface area contributed by atoms with E-state index in [0.29, 0.717) is 11.0 Å². The molecule has 19 heavy (non-hydrogen) atoms. The van der Waals surface area contributed by atoms with Gasteiger partial charge in [-0.15, -0.1) is 0 Å². The van der Waals surface area contributed by atoms with Crippen LogP contribution < -0.4 is 5.32 Å². The normalized spacial score (nSPS) is 21.9. The van der Waals surface area contributed by atoms with E-state index in [1.54, 1.807) is 12.1 Å². The van der Waals surface area contributed by atoms with Crippen LogP contribution in [-0.2, 0) is 0 Å². The zero-order chi connectivity index (χ0) is 14.0. The summed E-state index contributed by atoms with van der Waals surface area (Å²) in [4.78, 5) is 12.2. The molecule has 1 saturated carbocycles. The molecule has 1 fully saturated rings. The average molecular weight is 373 g/mol. The minimum absolute atomic E-state index is 0.0885. The van der Waals surface area contributed by atoms with Crippen molar-refractivity contribution in [3.63, 3.8) is 0 Å². The number of rotatable bonds is 2. The maximum Gasteiger partial charge on any atom is 0.251 e. The lowest BCUT2D eigenvalue weighted by Gasteiger charge is -2.35. The van der Waals surface area contributed by atoms with Crippen LogP contribution in [0.3, 0.4) is 0 Å². The highest BCUT2D eigenvalue weighted by Crippen LogP contribution is 2.35. The molecule has 0 radical (unpaired) electrons. The number of hydrogen-bond donors (Lipinski definition) is 2. The molecule has 0 spiro atoms. The summed E-state index contributed by atoms with van der Waals surface area (Å²) in [5, 5.41) is 12.7. The quantitative estimate of drug-likeness (QED) is 0.777. The third-order valence-electron chi connectivity index (χ3n) is 3.75. The Bertz CT molecular complexity index is 485. The van der Waals surface area contributed by atoms with Crippen LogP contribution in [0.2, 0.25) is 0 Å². The number of phenols is 1. The van der Waals surface area contributed by atoms with E-state index in [1.807, 2.05) is 22.6 Å². The van der Waals surface area contributed by atoms with Crippen LogP contribution in [0.1, 0.15) is 49.9 Å². The molecule has 2 rings (SSSR count). The summed E-state index contributed by atoms with van der Waals surface area (Å²) < 4.78 is 0.757. The fourth-order valence-corrected chi connectivity index (χ4v) is 3.08. The number of halogens is 1. The van der Waals surface area contributed by atoms with E-state index in [4.69, 9.17) is 0 Å². The topological polar surface area (TPSA) is 49.3 Å². The zero-order valence-corrected chi connectivity index (χ0v) is 13.5. The predicted molar refractivity (Wildman–Crippen MR) is 84.3 cm³/mol. The van der Waals surface area contributed by atoms with Crippen molar-refractivity contribution in [2.45, 2.75) is 45.6 Å². The maximum absolute atomic E-state index is 12.2. The van der Waals surface area contributed by atoms with Gasteiger partial charge in [0.05, 0.1) is 3.57 Å². The third kappa shape index (κ3) is 3.84. The summed E-state index contributed by atoms with van der Waals surface area (Å²) in [6, 6.07) is 5.29. The van der Waals surface area contributed by atoms with Crippen molar-refractivity contribution in [3.05, 3.63) is 27.3 Å². The smallest absolute Gasteiger partial charge is 0.251 e. The minimum Gasteiger partial charge on any atom is -0.507 e. The lowest BCUT2D eigenvalue weighted by atomic mass is 9.75. The van der Waals surface area contributed by atoms with E-state index in [0.717, 1.165) is 22.8 Å². The maximum atomic E-state index is 12.2. The number of amides is 1. The predicted octanol–water partition coefficient (Wildman–Crippen LogP) is 3.70. The molecule has 0 aromatic heterocycles. The fourth-order valence-electron chi connectivity index (χ4n) is 2.74. The van der Waals surface area contributed by atoms with Gasteiger partial charge in [0.1, 0.15) is 5.75 Å². The van der Waals surface area contributed by atoms with Crippen LogP contribution in [0.25, 0.3) is 0 Å². The molecule has 1 atom stereocenters. The number of aromatic hydroxyl groups is 1. The standard InChI is InChI=1S/C15H20INO2/c1-15(2)7-3-4-11(9-15)17-14(19)10-5-6-12(16)13(18)8-10/h5-6,8,11,18H,3-4,7,9H2,1-2H3,(H,17,19). The van der Waals surface area contributed by atoms with Gasteiger partial charge in [0.2, 0.25) is 0 Å². The Kier molecular flexibility index (Phi) is 4.38. The van der Waals surface area contributed by atoms with Gasteiger partial charge in [-0.05, 0) is 65.5 Å². The lowest BCUT2D eigenvalue weighted by molar-refractivity contribution is 0.0902. The van der Waals surface area contributed by atoms with Crippen LogP contribution in [0.4, 0.5) is 0 Å². The minimum atomic E-state index is -0.0885. The summed E-state index contributed by atoms with van der Waals surface area (Å²) in [5.41, 5.74) is 0.839. The molecular weight excluding hydrogens is 353 g/mol. The highest BCUT2D eigenvalue weighted by Gasteiger charge is 2.28. The molecule has 0 bridgehead atoms. The van der Waals surface area contributed by atoms with Gasteiger partial charge in [0.25, 0.3) is 5.91 Å². The largest absolute Gasteiger partial charge is 0.507 e. The molecule has 4 heteroatoms. The number of nitrogens with one attached hydrogen (secondary N) is 1. The van der Waals surface area contributed by atoms with Crippen molar-refractivity contribution in [1.29, 1.82) is 0 Å². The first-order chi connectivity index (χ1) is 8.87. The van der Waals surface area contributed by atoms with Gasteiger partial charge >= 0.3 is 0 Å². The Labute approximate surface area is 127 Å². The molecule has 2 N–H and O–H groups in total. The Morgan fingerprint density at radius 3 is 2.84 bits per heavy atom. The van der Waals surface area contributed by atoms with Crippen molar-refractivity contribution in [2.75, 3.05) is 0 Å². The van der Waals surface area contributed by atoms with Crippen LogP contribution in [0, 0.1) is 8.99 Å². The number of carbonyl (C=O) groups excluding carboxylic acids is 1. The molecule has 104 valence electrons. The Hall–Kier alpha value is -0.780. The molecule has 0 saturated heterocycles. The SMILES string of the molecule is CC1(C)CCCC(NC(=O)c2ccc(I)c(O)c2)C1. The van der Waals surface area contributed by atoms with Crippen molar-refractivity contribution in [1.82, 2.24) is 5.32 Å². The number of benzene rings is 1. The van der Waals surface area contributed by atoms with Crippen molar-refractivity contribution < 1.29 is 9.90 Å². The molecule has 0 heterocycles. The summed E-state index contributed by atoms with van der Waals surface area (Å²) >= 11 is 2.04. The summed E-state index contributed by atoms with van der Waals surface area (Å²) in [6.45, 7) is 4.50. The van der Waals surface area contributed by atoms with Crippen molar-refractivity contribution in [3.8, 4) is 5.75 Å². The van der Waals surface area contributed by atoms with Gasteiger partial charge in [-0.2, -0.15) is 0 Å². The fraction of sp³-hybridized carbons (Fsp3) is 0.533. The van der Waals surface area contributed by atoms with E-state index >= 15 is 0 Å². The van der Waals surface area contributed by atoms with E-state index in [1.165, 1.54) is 12.5 Å². The molecule has 1 aromatic carbocycles. The molecule has 1 aromatic rings. The number of carbonyl (C=O) groups is 1. The summed E-state index contributed by atoms with van der Waals surface area (Å²) in [7, 11) is 0. The van der Waals surface area contributed by atoms with Crippen LogP contribution >= 0.6 is 22.6 Å². The second-order valence-electron chi connectivity index (χ2n) is 6.10. The van der Waals surface area contributed by atoms with Crippen LogP contribution in [0.15, 0.2) is 18.2 Å².